The molecule has 0 aliphatic heterocycles. The average molecular weight is 462 g/mol. The number of ketones is 1. The minimum absolute atomic E-state index is 0.0569. The van der Waals surface area contributed by atoms with E-state index in [9.17, 15) is 13.2 Å². The molecule has 1 N–H and O–H groups in total. The summed E-state index contributed by atoms with van der Waals surface area (Å²) in [5, 5.41) is 0.801. The van der Waals surface area contributed by atoms with E-state index < -0.39 is 10.0 Å². The van der Waals surface area contributed by atoms with E-state index in [1.165, 1.54) is 36.8 Å². The second-order valence-electron chi connectivity index (χ2n) is 8.88. The summed E-state index contributed by atoms with van der Waals surface area (Å²) in [7, 11) is -3.20. The highest BCUT2D eigenvalue weighted by molar-refractivity contribution is 7.88. The van der Waals surface area contributed by atoms with Gasteiger partial charge in [-0.2, -0.15) is 0 Å². The fourth-order valence-corrected chi connectivity index (χ4v) is 5.35. The molecular formula is C25H32ClNO3S. The average Bonchev–Trinajstić information content (AvgIpc) is 3.19. The first-order chi connectivity index (χ1) is 14.7. The van der Waals surface area contributed by atoms with E-state index in [0.29, 0.717) is 42.7 Å². The molecule has 0 heterocycles. The summed E-state index contributed by atoms with van der Waals surface area (Å²) in [6, 6.07) is 16.2. The first-order valence-corrected chi connectivity index (χ1v) is 13.3. The van der Waals surface area contributed by atoms with Gasteiger partial charge in [-0.3, -0.25) is 4.79 Å². The number of hydrogen-bond acceptors (Lipinski definition) is 3. The summed E-state index contributed by atoms with van der Waals surface area (Å²) in [6.45, 7) is 2.57. The number of halogens is 1. The van der Waals surface area contributed by atoms with Gasteiger partial charge in [0.25, 0.3) is 0 Å². The summed E-state index contributed by atoms with van der Waals surface area (Å²) in [5.41, 5.74) is 3.32. The monoisotopic (exact) mass is 461 g/mol. The van der Waals surface area contributed by atoms with Crippen LogP contribution in [0.4, 0.5) is 0 Å². The quantitative estimate of drug-likeness (QED) is 0.352. The molecule has 168 valence electrons. The van der Waals surface area contributed by atoms with Crippen molar-refractivity contribution in [2.45, 2.75) is 57.3 Å². The van der Waals surface area contributed by atoms with Gasteiger partial charge in [-0.05, 0) is 73.1 Å². The summed E-state index contributed by atoms with van der Waals surface area (Å²) in [4.78, 5) is 12.3. The molecule has 1 aliphatic carbocycles. The Morgan fingerprint density at radius 3 is 2.58 bits per heavy atom. The minimum Gasteiger partial charge on any atom is -0.294 e. The molecule has 6 heteroatoms. The van der Waals surface area contributed by atoms with Crippen LogP contribution >= 0.6 is 11.6 Å². The second kappa shape index (κ2) is 10.8. The molecule has 3 rings (SSSR count). The predicted octanol–water partition coefficient (Wildman–Crippen LogP) is 5.93. The molecule has 3 atom stereocenters. The van der Waals surface area contributed by atoms with E-state index in [4.69, 9.17) is 11.6 Å². The predicted molar refractivity (Wildman–Crippen MR) is 127 cm³/mol. The molecule has 1 aliphatic rings. The molecule has 0 bridgehead atoms. The molecule has 0 radical (unpaired) electrons. The number of carbonyl (C=O) groups excluding carboxylic acids is 1. The summed E-state index contributed by atoms with van der Waals surface area (Å²) in [6.07, 6.45) is 6.77. The fraction of sp³-hybridized carbons (Fsp3) is 0.480. The van der Waals surface area contributed by atoms with Crippen LogP contribution in [0.3, 0.4) is 0 Å². The molecule has 2 aromatic rings. The molecule has 0 unspecified atom stereocenters. The van der Waals surface area contributed by atoms with Crippen molar-refractivity contribution in [2.75, 3.05) is 12.8 Å². The zero-order valence-corrected chi connectivity index (χ0v) is 19.9. The van der Waals surface area contributed by atoms with Crippen LogP contribution in [0.15, 0.2) is 48.5 Å². The van der Waals surface area contributed by atoms with Crippen LogP contribution in [-0.2, 0) is 10.0 Å². The van der Waals surface area contributed by atoms with Gasteiger partial charge in [-0.25, -0.2) is 13.1 Å². The lowest BCUT2D eigenvalue weighted by Crippen LogP contribution is -2.23. The lowest BCUT2D eigenvalue weighted by molar-refractivity contribution is 0.0980. The number of carbonyl (C=O) groups is 1. The maximum atomic E-state index is 12.3. The van der Waals surface area contributed by atoms with Gasteiger partial charge in [0, 0.05) is 23.6 Å². The SMILES string of the molecule is C[C@@H](C[C@H]1CC[C@@H](c2ccc(C(=O)CCCNS(C)(=O)=O)cc2)C1)c1cccc(Cl)c1. The van der Waals surface area contributed by atoms with E-state index >= 15 is 0 Å². The molecule has 31 heavy (non-hydrogen) atoms. The van der Waals surface area contributed by atoms with Crippen LogP contribution < -0.4 is 4.72 Å². The minimum atomic E-state index is -3.20. The molecule has 2 aromatic carbocycles. The van der Waals surface area contributed by atoms with Crippen molar-refractivity contribution in [3.8, 4) is 0 Å². The summed E-state index contributed by atoms with van der Waals surface area (Å²) >= 11 is 6.15. The summed E-state index contributed by atoms with van der Waals surface area (Å²) in [5.74, 6) is 1.82. The number of rotatable bonds is 10. The van der Waals surface area contributed by atoms with Gasteiger partial charge in [0.1, 0.15) is 0 Å². The topological polar surface area (TPSA) is 63.2 Å². The number of hydrogen-bond donors (Lipinski definition) is 1. The van der Waals surface area contributed by atoms with Gasteiger partial charge >= 0.3 is 0 Å². The Kier molecular flexibility index (Phi) is 8.31. The third-order valence-corrected chi connectivity index (χ3v) is 7.26. The van der Waals surface area contributed by atoms with Gasteiger partial charge in [0.15, 0.2) is 5.78 Å². The zero-order valence-electron chi connectivity index (χ0n) is 18.3. The van der Waals surface area contributed by atoms with Crippen molar-refractivity contribution in [3.63, 3.8) is 0 Å². The van der Waals surface area contributed by atoms with Crippen LogP contribution in [0.5, 0.6) is 0 Å². The van der Waals surface area contributed by atoms with Gasteiger partial charge in [0.05, 0.1) is 6.26 Å². The highest BCUT2D eigenvalue weighted by Gasteiger charge is 2.27. The standard InChI is InChI=1S/C25H32ClNO3S/c1-18(22-5-3-6-24(26)17-22)15-19-8-9-23(16-19)20-10-12-21(13-11-20)25(28)7-4-14-27-31(2,29)30/h3,5-6,10-13,17-19,23,27H,4,7-9,14-16H2,1-2H3/t18-,19+,23+/m0/s1. The highest BCUT2D eigenvalue weighted by atomic mass is 35.5. The Bertz CT molecular complexity index is 988. The Hall–Kier alpha value is -1.69. The van der Waals surface area contributed by atoms with Crippen LogP contribution in [-0.4, -0.2) is 27.0 Å². The van der Waals surface area contributed by atoms with Crippen molar-refractivity contribution in [1.29, 1.82) is 0 Å². The van der Waals surface area contributed by atoms with Crippen LogP contribution in [0.2, 0.25) is 5.02 Å². The smallest absolute Gasteiger partial charge is 0.208 e. The number of nitrogens with one attached hydrogen (secondary N) is 1. The van der Waals surface area contributed by atoms with E-state index in [1.54, 1.807) is 0 Å². The Labute approximate surface area is 191 Å². The lowest BCUT2D eigenvalue weighted by atomic mass is 9.88. The first kappa shape index (κ1) is 24.0. The fourth-order valence-electron chi connectivity index (χ4n) is 4.63. The number of sulfonamides is 1. The van der Waals surface area contributed by atoms with E-state index in [1.807, 2.05) is 24.3 Å². The lowest BCUT2D eigenvalue weighted by Gasteiger charge is -2.18. The third-order valence-electron chi connectivity index (χ3n) is 6.29. The van der Waals surface area contributed by atoms with Gasteiger partial charge in [-0.15, -0.1) is 0 Å². The second-order valence-corrected chi connectivity index (χ2v) is 11.2. The molecule has 0 spiro atoms. The van der Waals surface area contributed by atoms with Gasteiger partial charge < -0.3 is 0 Å². The molecule has 1 fully saturated rings. The van der Waals surface area contributed by atoms with Gasteiger partial charge in [-0.1, -0.05) is 54.9 Å². The van der Waals surface area contributed by atoms with Crippen molar-refractivity contribution in [2.24, 2.45) is 5.92 Å². The first-order valence-electron chi connectivity index (χ1n) is 11.0. The molecule has 0 saturated heterocycles. The summed E-state index contributed by atoms with van der Waals surface area (Å²) < 4.78 is 24.6. The maximum Gasteiger partial charge on any atom is 0.208 e. The van der Waals surface area contributed by atoms with E-state index in [2.05, 4.69) is 35.9 Å². The van der Waals surface area contributed by atoms with Crippen molar-refractivity contribution >= 4 is 27.4 Å². The van der Waals surface area contributed by atoms with Crippen LogP contribution in [0.25, 0.3) is 0 Å². The van der Waals surface area contributed by atoms with Crippen LogP contribution in [0.1, 0.15) is 78.8 Å². The van der Waals surface area contributed by atoms with E-state index in [0.717, 1.165) is 11.3 Å². The maximum absolute atomic E-state index is 12.3. The Morgan fingerprint density at radius 1 is 1.16 bits per heavy atom. The van der Waals surface area contributed by atoms with Crippen molar-refractivity contribution in [3.05, 3.63) is 70.2 Å². The van der Waals surface area contributed by atoms with Crippen LogP contribution in [0, 0.1) is 5.92 Å². The molecule has 0 amide bonds. The number of benzene rings is 2. The normalized spacial score (nSPS) is 20.0. The molecule has 0 aromatic heterocycles. The van der Waals surface area contributed by atoms with Gasteiger partial charge in [0.2, 0.25) is 10.0 Å². The van der Waals surface area contributed by atoms with Crippen molar-refractivity contribution in [1.82, 2.24) is 4.72 Å². The Morgan fingerprint density at radius 2 is 1.90 bits per heavy atom. The largest absolute Gasteiger partial charge is 0.294 e. The third kappa shape index (κ3) is 7.44. The van der Waals surface area contributed by atoms with Crippen molar-refractivity contribution < 1.29 is 13.2 Å². The van der Waals surface area contributed by atoms with E-state index in [-0.39, 0.29) is 5.78 Å². The Balaban J connectivity index is 1.48. The molecule has 4 nitrogen and oxygen atoms in total. The molecule has 1 saturated carbocycles. The number of Topliss-reactive ketones (excluding diaryl/α,β-unsaturated/α-hetero) is 1. The highest BCUT2D eigenvalue weighted by Crippen LogP contribution is 2.42. The molecular weight excluding hydrogens is 430 g/mol. The zero-order chi connectivity index (χ0) is 22.4.